The molecule has 0 atom stereocenters. The molecule has 7 heteroatoms. The lowest BCUT2D eigenvalue weighted by atomic mass is 10.1. The Bertz CT molecular complexity index is 799. The number of piperazine rings is 1. The van der Waals surface area contributed by atoms with Crippen LogP contribution in [0.1, 0.15) is 19.4 Å². The van der Waals surface area contributed by atoms with Gasteiger partial charge < -0.3 is 37.0 Å². The van der Waals surface area contributed by atoms with Crippen molar-refractivity contribution >= 4 is 5.70 Å². The van der Waals surface area contributed by atoms with E-state index in [0.717, 1.165) is 32.7 Å². The van der Waals surface area contributed by atoms with E-state index in [1.165, 1.54) is 5.70 Å². The first-order valence-electron chi connectivity index (χ1n) is 10.0. The molecule has 29 heavy (non-hydrogen) atoms. The van der Waals surface area contributed by atoms with Crippen molar-refractivity contribution in [2.75, 3.05) is 39.8 Å². The first kappa shape index (κ1) is 22.1. The lowest BCUT2D eigenvalue weighted by Gasteiger charge is -2.39. The number of hydrogen-bond acceptors (Lipinski definition) is 7. The lowest BCUT2D eigenvalue weighted by Crippen LogP contribution is -2.46. The Morgan fingerprint density at radius 3 is 2.24 bits per heavy atom. The van der Waals surface area contributed by atoms with Gasteiger partial charge in [0, 0.05) is 62.9 Å². The van der Waals surface area contributed by atoms with E-state index in [1.807, 2.05) is 19.9 Å². The molecule has 1 aromatic carbocycles. The van der Waals surface area contributed by atoms with Crippen molar-refractivity contribution in [2.24, 2.45) is 17.2 Å². The normalized spacial score (nSPS) is 16.7. The Hall–Kier alpha value is -3.22. The summed E-state index contributed by atoms with van der Waals surface area (Å²) in [5, 5.41) is 10.0. The molecule has 3 rings (SSSR count). The van der Waals surface area contributed by atoms with Crippen LogP contribution in [0.25, 0.3) is 5.70 Å². The van der Waals surface area contributed by atoms with Crippen LogP contribution in [0.3, 0.4) is 0 Å². The van der Waals surface area contributed by atoms with Crippen LogP contribution in [0.2, 0.25) is 0 Å². The Kier molecular flexibility index (Phi) is 7.88. The maximum atomic E-state index is 10.0. The zero-order chi connectivity index (χ0) is 21.4. The molecule has 0 amide bonds. The van der Waals surface area contributed by atoms with Gasteiger partial charge in [0.1, 0.15) is 11.6 Å². The monoisotopic (exact) mass is 398 g/mol. The molecule has 158 valence electrons. The van der Waals surface area contributed by atoms with Gasteiger partial charge >= 0.3 is 0 Å². The molecule has 7 nitrogen and oxygen atoms in total. The molecular formula is C22H34N6O. The molecule has 0 aliphatic carbocycles. The average molecular weight is 399 g/mol. The van der Waals surface area contributed by atoms with Gasteiger partial charge in [0.2, 0.25) is 0 Å². The molecule has 0 spiro atoms. The summed E-state index contributed by atoms with van der Waals surface area (Å²) in [5.74, 6) is 0.354. The third kappa shape index (κ3) is 5.63. The minimum atomic E-state index is 0.131. The maximum absolute atomic E-state index is 10.0. The highest BCUT2D eigenvalue weighted by atomic mass is 16.3. The van der Waals surface area contributed by atoms with Gasteiger partial charge in [-0.05, 0) is 30.4 Å². The van der Waals surface area contributed by atoms with Crippen LogP contribution >= 0.6 is 0 Å². The zero-order valence-corrected chi connectivity index (χ0v) is 17.7. The maximum Gasteiger partial charge on any atom is 0.124 e. The molecule has 0 saturated carbocycles. The predicted octanol–water partition coefficient (Wildman–Crippen LogP) is 1.77. The summed E-state index contributed by atoms with van der Waals surface area (Å²) < 4.78 is 0. The number of hydrogen-bond donors (Lipinski definition) is 4. The minimum absolute atomic E-state index is 0.131. The van der Waals surface area contributed by atoms with Gasteiger partial charge in [-0.2, -0.15) is 0 Å². The van der Waals surface area contributed by atoms with Gasteiger partial charge in [0.05, 0.1) is 5.70 Å². The second-order valence-corrected chi connectivity index (χ2v) is 6.82. The van der Waals surface area contributed by atoms with Crippen molar-refractivity contribution < 1.29 is 5.11 Å². The van der Waals surface area contributed by atoms with E-state index < -0.39 is 0 Å². The molecule has 2 heterocycles. The summed E-state index contributed by atoms with van der Waals surface area (Å²) in [6.45, 7) is 8.26. The molecular weight excluding hydrogens is 364 g/mol. The van der Waals surface area contributed by atoms with Crippen LogP contribution in [0.4, 0.5) is 0 Å². The van der Waals surface area contributed by atoms with Gasteiger partial charge in [-0.15, -0.1) is 0 Å². The summed E-state index contributed by atoms with van der Waals surface area (Å²) in [7, 11) is 2.06. The minimum Gasteiger partial charge on any atom is -0.507 e. The highest BCUT2D eigenvalue weighted by molar-refractivity contribution is 5.69. The number of nitrogens with two attached hydrogens (primary N) is 3. The first-order chi connectivity index (χ1) is 14.0. The number of allylic oxidation sites excluding steroid dienone is 2. The number of para-hydroxylation sites is 1. The average Bonchev–Trinajstić information content (AvgIpc) is 2.74. The topological polar surface area (TPSA) is 108 Å². The zero-order valence-electron chi connectivity index (χ0n) is 17.7. The lowest BCUT2D eigenvalue weighted by molar-refractivity contribution is 0.197. The van der Waals surface area contributed by atoms with Gasteiger partial charge in [0.15, 0.2) is 0 Å². The number of likely N-dealkylation sites (N-methyl/N-ethyl adjacent to an activating group) is 1. The van der Waals surface area contributed by atoms with Crippen molar-refractivity contribution in [3.8, 4) is 5.75 Å². The molecule has 1 saturated heterocycles. The quantitative estimate of drug-likeness (QED) is 0.573. The fraction of sp³-hybridized carbons (Fsp3) is 0.364. The highest BCUT2D eigenvalue weighted by Crippen LogP contribution is 2.24. The van der Waals surface area contributed by atoms with Crippen LogP contribution in [0.15, 0.2) is 65.9 Å². The molecule has 1 fully saturated rings. The standard InChI is InChI=1S/C20H28N6O.C2H6/c1-24-8-6-15(7-9-24)25-10-12-26(13-11-25)18(20(22)23)14-17(21)16-4-2-3-5-19(16)27;1-2/h2-8,14,27H,9-13,21-23H2,1H3;1-2H3/b17-14-;. The first-order valence-corrected chi connectivity index (χ1v) is 10.0. The van der Waals surface area contributed by atoms with Crippen molar-refractivity contribution in [3.63, 3.8) is 0 Å². The summed E-state index contributed by atoms with van der Waals surface area (Å²) >= 11 is 0. The molecule has 0 radical (unpaired) electrons. The SMILES string of the molecule is CC.CN1C=CC(N2CCN(C(/C=C(\N)c3ccccc3O)=C(N)N)CC2)=CC1. The second kappa shape index (κ2) is 10.4. The third-order valence-corrected chi connectivity index (χ3v) is 4.88. The van der Waals surface area contributed by atoms with Gasteiger partial charge in [-0.3, -0.25) is 0 Å². The van der Waals surface area contributed by atoms with Crippen molar-refractivity contribution in [3.05, 3.63) is 71.5 Å². The van der Waals surface area contributed by atoms with Gasteiger partial charge in [-0.25, -0.2) is 0 Å². The van der Waals surface area contributed by atoms with Crippen molar-refractivity contribution in [2.45, 2.75) is 13.8 Å². The third-order valence-electron chi connectivity index (χ3n) is 4.88. The largest absolute Gasteiger partial charge is 0.507 e. The van der Waals surface area contributed by atoms with Crippen LogP contribution in [-0.2, 0) is 0 Å². The number of phenols is 1. The molecule has 1 aromatic rings. The summed E-state index contributed by atoms with van der Waals surface area (Å²) in [5.41, 5.74) is 21.0. The van der Waals surface area contributed by atoms with E-state index in [9.17, 15) is 5.11 Å². The number of phenolic OH excluding ortho intramolecular Hbond substituents is 1. The van der Waals surface area contributed by atoms with Gasteiger partial charge in [-0.1, -0.05) is 26.0 Å². The van der Waals surface area contributed by atoms with Crippen LogP contribution in [-0.4, -0.2) is 59.6 Å². The summed E-state index contributed by atoms with van der Waals surface area (Å²) in [4.78, 5) is 6.64. The molecule has 0 aromatic heterocycles. The number of nitrogens with zero attached hydrogens (tertiary/aromatic N) is 3. The predicted molar refractivity (Wildman–Crippen MR) is 120 cm³/mol. The number of rotatable bonds is 4. The van der Waals surface area contributed by atoms with E-state index in [1.54, 1.807) is 24.3 Å². The Balaban J connectivity index is 0.00000145. The van der Waals surface area contributed by atoms with Gasteiger partial charge in [0.25, 0.3) is 0 Å². The fourth-order valence-corrected chi connectivity index (χ4v) is 3.31. The Morgan fingerprint density at radius 2 is 1.69 bits per heavy atom. The Labute approximate surface area is 174 Å². The second-order valence-electron chi connectivity index (χ2n) is 6.82. The van der Waals surface area contributed by atoms with Crippen LogP contribution in [0, 0.1) is 0 Å². The molecule has 2 aliphatic heterocycles. The fourth-order valence-electron chi connectivity index (χ4n) is 3.31. The molecule has 7 N–H and O–H groups in total. The van der Waals surface area contributed by atoms with E-state index in [2.05, 4.69) is 40.1 Å². The molecule has 0 bridgehead atoms. The number of aromatic hydroxyl groups is 1. The van der Waals surface area contributed by atoms with Crippen LogP contribution < -0.4 is 17.2 Å². The van der Waals surface area contributed by atoms with E-state index in [4.69, 9.17) is 17.2 Å². The number of benzene rings is 1. The molecule has 0 unspecified atom stereocenters. The smallest absolute Gasteiger partial charge is 0.124 e. The van der Waals surface area contributed by atoms with E-state index in [-0.39, 0.29) is 11.6 Å². The van der Waals surface area contributed by atoms with Crippen LogP contribution in [0.5, 0.6) is 5.75 Å². The highest BCUT2D eigenvalue weighted by Gasteiger charge is 2.21. The Morgan fingerprint density at radius 1 is 1.03 bits per heavy atom. The van der Waals surface area contributed by atoms with Crippen molar-refractivity contribution in [1.29, 1.82) is 0 Å². The summed E-state index contributed by atoms with van der Waals surface area (Å²) in [6, 6.07) is 6.95. The van der Waals surface area contributed by atoms with E-state index in [0.29, 0.717) is 17.0 Å². The summed E-state index contributed by atoms with van der Waals surface area (Å²) in [6.07, 6.45) is 8.22. The van der Waals surface area contributed by atoms with E-state index >= 15 is 0 Å². The molecule has 2 aliphatic rings. The van der Waals surface area contributed by atoms with Crippen molar-refractivity contribution in [1.82, 2.24) is 14.7 Å².